The van der Waals surface area contributed by atoms with Crippen LogP contribution in [0.15, 0.2) is 23.1 Å². The zero-order valence-corrected chi connectivity index (χ0v) is 15.4. The normalized spacial score (nSPS) is 11.3. The molecule has 0 aliphatic carbocycles. The fourth-order valence-corrected chi connectivity index (χ4v) is 4.10. The van der Waals surface area contributed by atoms with E-state index in [0.29, 0.717) is 16.4 Å². The summed E-state index contributed by atoms with van der Waals surface area (Å²) in [5.41, 5.74) is 1.39. The van der Waals surface area contributed by atoms with Gasteiger partial charge in [-0.3, -0.25) is 5.32 Å². The maximum Gasteiger partial charge on any atom is 0.323 e. The molecule has 1 heterocycles. The number of urea groups is 1. The van der Waals surface area contributed by atoms with E-state index in [4.69, 9.17) is 11.6 Å². The molecule has 0 spiro atoms. The monoisotopic (exact) mass is 373 g/mol. The molecule has 0 radical (unpaired) electrons. The van der Waals surface area contributed by atoms with E-state index in [9.17, 15) is 13.2 Å². The average Bonchev–Trinajstić information content (AvgIpc) is 2.78. The molecule has 124 valence electrons. The minimum Gasteiger partial charge on any atom is -0.331 e. The second-order valence-electron chi connectivity index (χ2n) is 5.18. The minimum absolute atomic E-state index is 0.0725. The number of carbonyl (C=O) groups is 1. The van der Waals surface area contributed by atoms with Crippen molar-refractivity contribution in [1.29, 1.82) is 0 Å². The Balaban J connectivity index is 2.44. The van der Waals surface area contributed by atoms with Crippen molar-refractivity contribution >= 4 is 43.9 Å². The van der Waals surface area contributed by atoms with E-state index < -0.39 is 9.84 Å². The summed E-state index contributed by atoms with van der Waals surface area (Å²) in [6.07, 6.45) is 1.11. The third kappa shape index (κ3) is 4.01. The van der Waals surface area contributed by atoms with Crippen LogP contribution < -0.4 is 5.32 Å². The zero-order valence-electron chi connectivity index (χ0n) is 13.0. The van der Waals surface area contributed by atoms with Crippen LogP contribution in [0.3, 0.4) is 0 Å². The molecular formula is C14H16ClN3O3S2. The van der Waals surface area contributed by atoms with Gasteiger partial charge in [-0.2, -0.15) is 0 Å². The Labute approximate surface area is 144 Å². The van der Waals surface area contributed by atoms with Gasteiger partial charge in [-0.25, -0.2) is 18.2 Å². The van der Waals surface area contributed by atoms with Crippen LogP contribution in [-0.2, 0) is 9.84 Å². The summed E-state index contributed by atoms with van der Waals surface area (Å²) in [5, 5.41) is 3.31. The predicted octanol–water partition coefficient (Wildman–Crippen LogP) is 3.27. The second-order valence-corrected chi connectivity index (χ2v) is 8.57. The summed E-state index contributed by atoms with van der Waals surface area (Å²) in [4.78, 5) is 18.2. The van der Waals surface area contributed by atoms with E-state index in [0.717, 1.165) is 11.1 Å². The van der Waals surface area contributed by atoms with Gasteiger partial charge in [0.05, 0.1) is 20.5 Å². The number of carbonyl (C=O) groups excluding carboxylic acids is 1. The molecule has 0 saturated carbocycles. The van der Waals surface area contributed by atoms with Crippen LogP contribution in [0.25, 0.3) is 10.4 Å². The maximum absolute atomic E-state index is 11.8. The highest BCUT2D eigenvalue weighted by Gasteiger charge is 2.17. The summed E-state index contributed by atoms with van der Waals surface area (Å²) in [7, 11) is -0.158. The van der Waals surface area contributed by atoms with Gasteiger partial charge in [-0.05, 0) is 24.6 Å². The van der Waals surface area contributed by atoms with Crippen LogP contribution in [0.5, 0.6) is 0 Å². The van der Waals surface area contributed by atoms with Crippen LogP contribution in [0.1, 0.15) is 5.69 Å². The third-order valence-electron chi connectivity index (χ3n) is 3.01. The molecule has 0 saturated heterocycles. The van der Waals surface area contributed by atoms with Crippen LogP contribution in [0.4, 0.5) is 9.93 Å². The number of anilines is 1. The summed E-state index contributed by atoms with van der Waals surface area (Å²) in [5.74, 6) is 0. The van der Waals surface area contributed by atoms with E-state index in [1.54, 1.807) is 33.2 Å². The Kier molecular flexibility index (Phi) is 4.98. The molecule has 1 N–H and O–H groups in total. The van der Waals surface area contributed by atoms with E-state index in [1.165, 1.54) is 22.3 Å². The van der Waals surface area contributed by atoms with Gasteiger partial charge in [0.25, 0.3) is 0 Å². The lowest BCUT2D eigenvalue weighted by molar-refractivity contribution is 0.230. The Morgan fingerprint density at radius 1 is 1.35 bits per heavy atom. The van der Waals surface area contributed by atoms with Crippen molar-refractivity contribution < 1.29 is 13.2 Å². The molecule has 2 rings (SSSR count). The average molecular weight is 374 g/mol. The number of benzene rings is 1. The molecule has 0 aliphatic rings. The Morgan fingerprint density at radius 2 is 2.00 bits per heavy atom. The van der Waals surface area contributed by atoms with E-state index in [-0.39, 0.29) is 15.9 Å². The van der Waals surface area contributed by atoms with Gasteiger partial charge in [0.2, 0.25) is 0 Å². The minimum atomic E-state index is -3.42. The highest BCUT2D eigenvalue weighted by atomic mass is 35.5. The summed E-state index contributed by atoms with van der Waals surface area (Å²) >= 11 is 7.24. The van der Waals surface area contributed by atoms with Gasteiger partial charge < -0.3 is 4.90 Å². The Morgan fingerprint density at radius 3 is 2.57 bits per heavy atom. The molecule has 23 heavy (non-hydrogen) atoms. The van der Waals surface area contributed by atoms with Gasteiger partial charge in [0.15, 0.2) is 15.0 Å². The number of sulfone groups is 1. The maximum atomic E-state index is 11.8. The molecule has 0 bridgehead atoms. The topological polar surface area (TPSA) is 79.4 Å². The zero-order chi connectivity index (χ0) is 17.4. The van der Waals surface area contributed by atoms with Crippen molar-refractivity contribution in [3.8, 4) is 10.4 Å². The fourth-order valence-electron chi connectivity index (χ4n) is 1.85. The van der Waals surface area contributed by atoms with Gasteiger partial charge in [-0.15, -0.1) is 0 Å². The van der Waals surface area contributed by atoms with Gasteiger partial charge in [-0.1, -0.05) is 29.0 Å². The molecular weight excluding hydrogens is 358 g/mol. The number of nitrogens with zero attached hydrogens (tertiary/aromatic N) is 2. The SMILES string of the molecule is Cc1nc(NC(=O)N(C)C)sc1-c1ccc(Cl)c(S(C)(=O)=O)c1. The number of thiazole rings is 1. The van der Waals surface area contributed by atoms with Crippen molar-refractivity contribution in [3.05, 3.63) is 28.9 Å². The molecule has 1 aromatic heterocycles. The van der Waals surface area contributed by atoms with Gasteiger partial charge in [0.1, 0.15) is 0 Å². The molecule has 0 unspecified atom stereocenters. The molecule has 2 aromatic rings. The van der Waals surface area contributed by atoms with Gasteiger partial charge in [0, 0.05) is 20.4 Å². The molecule has 2 amide bonds. The molecule has 1 aromatic carbocycles. The number of nitrogens with one attached hydrogen (secondary N) is 1. The molecule has 0 aliphatic heterocycles. The predicted molar refractivity (Wildman–Crippen MR) is 93.1 cm³/mol. The van der Waals surface area contributed by atoms with Gasteiger partial charge >= 0.3 is 6.03 Å². The van der Waals surface area contributed by atoms with E-state index >= 15 is 0 Å². The number of hydrogen-bond donors (Lipinski definition) is 1. The quantitative estimate of drug-likeness (QED) is 0.895. The number of aromatic nitrogens is 1. The number of aryl methyl sites for hydroxylation is 1. The van der Waals surface area contributed by atoms with E-state index in [2.05, 4.69) is 10.3 Å². The number of hydrogen-bond acceptors (Lipinski definition) is 5. The Hall–Kier alpha value is -1.64. The van der Waals surface area contributed by atoms with Crippen molar-refractivity contribution in [1.82, 2.24) is 9.88 Å². The van der Waals surface area contributed by atoms with Crippen LogP contribution >= 0.6 is 22.9 Å². The summed E-state index contributed by atoms with van der Waals surface area (Å²) < 4.78 is 23.6. The number of rotatable bonds is 3. The third-order valence-corrected chi connectivity index (χ3v) is 5.71. The fraction of sp³-hybridized carbons (Fsp3) is 0.286. The standard InChI is InChI=1S/C14H16ClN3O3S2/c1-8-12(22-13(16-8)17-14(19)18(2)3)9-5-6-10(15)11(7-9)23(4,20)21/h5-7H,1-4H3,(H,16,17,19). The lowest BCUT2D eigenvalue weighted by Gasteiger charge is -2.09. The van der Waals surface area contributed by atoms with Crippen LogP contribution in [0, 0.1) is 6.92 Å². The number of amides is 2. The Bertz CT molecular complexity index is 860. The highest BCUT2D eigenvalue weighted by molar-refractivity contribution is 7.90. The van der Waals surface area contributed by atoms with Crippen LogP contribution in [0.2, 0.25) is 5.02 Å². The molecule has 0 fully saturated rings. The first-order valence-electron chi connectivity index (χ1n) is 6.55. The highest BCUT2D eigenvalue weighted by Crippen LogP contribution is 2.35. The first-order valence-corrected chi connectivity index (χ1v) is 9.64. The van der Waals surface area contributed by atoms with Crippen molar-refractivity contribution in [2.75, 3.05) is 25.7 Å². The molecule has 0 atom stereocenters. The smallest absolute Gasteiger partial charge is 0.323 e. The summed E-state index contributed by atoms with van der Waals surface area (Å²) in [6.45, 7) is 1.80. The van der Waals surface area contributed by atoms with Crippen molar-refractivity contribution in [3.63, 3.8) is 0 Å². The largest absolute Gasteiger partial charge is 0.331 e. The lowest BCUT2D eigenvalue weighted by Crippen LogP contribution is -2.27. The second kappa shape index (κ2) is 6.46. The van der Waals surface area contributed by atoms with E-state index in [1.807, 2.05) is 0 Å². The lowest BCUT2D eigenvalue weighted by atomic mass is 10.2. The van der Waals surface area contributed by atoms with Crippen molar-refractivity contribution in [2.24, 2.45) is 0 Å². The van der Waals surface area contributed by atoms with Crippen LogP contribution in [-0.4, -0.2) is 44.7 Å². The summed E-state index contributed by atoms with van der Waals surface area (Å²) in [6, 6.07) is 4.52. The number of halogens is 1. The first kappa shape index (κ1) is 17.7. The molecule has 6 nitrogen and oxygen atoms in total. The van der Waals surface area contributed by atoms with Crippen molar-refractivity contribution in [2.45, 2.75) is 11.8 Å². The molecule has 9 heteroatoms. The first-order chi connectivity index (χ1) is 10.6.